The second-order valence-electron chi connectivity index (χ2n) is 4.70. The molecule has 1 aromatic heterocycles. The van der Waals surface area contributed by atoms with Crippen LogP contribution in [0.4, 0.5) is 5.82 Å². The third kappa shape index (κ3) is 3.47. The summed E-state index contributed by atoms with van der Waals surface area (Å²) in [4.78, 5) is 8.56. The standard InChI is InChI=1S/C16H21N3O/c1-4-10-17-15-14(5-2)16(19-11-18-15)20-13-8-6-12(3)7-9-13/h6-9,11H,4-5,10H2,1-3H3,(H,17,18,19). The molecule has 0 atom stereocenters. The molecule has 2 rings (SSSR count). The highest BCUT2D eigenvalue weighted by atomic mass is 16.5. The molecule has 0 fully saturated rings. The van der Waals surface area contributed by atoms with Crippen LogP contribution < -0.4 is 10.1 Å². The van der Waals surface area contributed by atoms with Crippen molar-refractivity contribution in [3.05, 3.63) is 41.7 Å². The van der Waals surface area contributed by atoms with Crippen LogP contribution in [-0.2, 0) is 6.42 Å². The van der Waals surface area contributed by atoms with Crippen LogP contribution in [0.25, 0.3) is 0 Å². The van der Waals surface area contributed by atoms with Crippen LogP contribution in [0.3, 0.4) is 0 Å². The largest absolute Gasteiger partial charge is 0.439 e. The average Bonchev–Trinajstić information content (AvgIpc) is 2.47. The van der Waals surface area contributed by atoms with Gasteiger partial charge in [-0.25, -0.2) is 9.97 Å². The number of hydrogen-bond donors (Lipinski definition) is 1. The van der Waals surface area contributed by atoms with Crippen molar-refractivity contribution < 1.29 is 4.74 Å². The Labute approximate surface area is 120 Å². The molecular weight excluding hydrogens is 250 g/mol. The number of aromatic nitrogens is 2. The quantitative estimate of drug-likeness (QED) is 0.863. The van der Waals surface area contributed by atoms with Crippen LogP contribution in [0.2, 0.25) is 0 Å². The van der Waals surface area contributed by atoms with Gasteiger partial charge >= 0.3 is 0 Å². The number of aryl methyl sites for hydroxylation is 1. The summed E-state index contributed by atoms with van der Waals surface area (Å²) in [6.07, 6.45) is 3.43. The molecule has 0 unspecified atom stereocenters. The fourth-order valence-corrected chi connectivity index (χ4v) is 1.92. The molecule has 4 nitrogen and oxygen atoms in total. The Balaban J connectivity index is 2.24. The zero-order valence-corrected chi connectivity index (χ0v) is 12.3. The van der Waals surface area contributed by atoms with E-state index in [1.54, 1.807) is 6.33 Å². The second-order valence-corrected chi connectivity index (χ2v) is 4.70. The monoisotopic (exact) mass is 271 g/mol. The van der Waals surface area contributed by atoms with Crippen molar-refractivity contribution in [2.24, 2.45) is 0 Å². The summed E-state index contributed by atoms with van der Waals surface area (Å²) >= 11 is 0. The lowest BCUT2D eigenvalue weighted by Crippen LogP contribution is -2.07. The third-order valence-corrected chi connectivity index (χ3v) is 3.04. The van der Waals surface area contributed by atoms with Crippen molar-refractivity contribution in [1.29, 1.82) is 0 Å². The van der Waals surface area contributed by atoms with Gasteiger partial charge in [-0.1, -0.05) is 31.5 Å². The lowest BCUT2D eigenvalue weighted by Gasteiger charge is -2.13. The number of nitrogens with zero attached hydrogens (tertiary/aromatic N) is 2. The van der Waals surface area contributed by atoms with Gasteiger partial charge in [-0.15, -0.1) is 0 Å². The normalized spacial score (nSPS) is 10.3. The highest BCUT2D eigenvalue weighted by Crippen LogP contribution is 2.27. The Hall–Kier alpha value is -2.10. The van der Waals surface area contributed by atoms with E-state index in [2.05, 4.69) is 36.1 Å². The maximum Gasteiger partial charge on any atom is 0.227 e. The maximum absolute atomic E-state index is 5.88. The molecule has 4 heteroatoms. The predicted octanol–water partition coefficient (Wildman–Crippen LogP) is 3.96. The van der Waals surface area contributed by atoms with Crippen molar-refractivity contribution in [3.8, 4) is 11.6 Å². The Morgan fingerprint density at radius 2 is 1.85 bits per heavy atom. The van der Waals surface area contributed by atoms with Gasteiger partial charge < -0.3 is 10.1 Å². The molecule has 1 aromatic carbocycles. The summed E-state index contributed by atoms with van der Waals surface area (Å²) in [6, 6.07) is 7.96. The summed E-state index contributed by atoms with van der Waals surface area (Å²) < 4.78 is 5.88. The summed E-state index contributed by atoms with van der Waals surface area (Å²) in [6.45, 7) is 7.16. The number of nitrogens with one attached hydrogen (secondary N) is 1. The van der Waals surface area contributed by atoms with Gasteiger partial charge in [0.1, 0.15) is 17.9 Å². The number of hydrogen-bond acceptors (Lipinski definition) is 4. The van der Waals surface area contributed by atoms with Crippen molar-refractivity contribution in [2.45, 2.75) is 33.6 Å². The van der Waals surface area contributed by atoms with Gasteiger partial charge in [-0.2, -0.15) is 0 Å². The van der Waals surface area contributed by atoms with Gasteiger partial charge in [-0.3, -0.25) is 0 Å². The Bertz CT molecular complexity index is 552. The second kappa shape index (κ2) is 6.89. The molecule has 0 bridgehead atoms. The molecule has 106 valence electrons. The third-order valence-electron chi connectivity index (χ3n) is 3.04. The molecular formula is C16H21N3O. The minimum atomic E-state index is 0.630. The molecule has 0 spiro atoms. The van der Waals surface area contributed by atoms with E-state index in [0.29, 0.717) is 5.88 Å². The van der Waals surface area contributed by atoms with Crippen LogP contribution >= 0.6 is 0 Å². The molecule has 2 aromatic rings. The first-order valence-electron chi connectivity index (χ1n) is 7.06. The fraction of sp³-hybridized carbons (Fsp3) is 0.375. The molecule has 0 saturated carbocycles. The Morgan fingerprint density at radius 1 is 1.10 bits per heavy atom. The lowest BCUT2D eigenvalue weighted by atomic mass is 10.2. The van der Waals surface area contributed by atoms with Gasteiger partial charge in [0.15, 0.2) is 0 Å². The van der Waals surface area contributed by atoms with Crippen LogP contribution in [0.5, 0.6) is 11.6 Å². The molecule has 0 aliphatic heterocycles. The number of anilines is 1. The first-order valence-corrected chi connectivity index (χ1v) is 7.06. The summed E-state index contributed by atoms with van der Waals surface area (Å²) in [5.41, 5.74) is 2.22. The molecule has 0 aliphatic rings. The molecule has 20 heavy (non-hydrogen) atoms. The smallest absolute Gasteiger partial charge is 0.227 e. The summed E-state index contributed by atoms with van der Waals surface area (Å²) in [7, 11) is 0. The van der Waals surface area contributed by atoms with E-state index in [9.17, 15) is 0 Å². The van der Waals surface area contributed by atoms with E-state index in [-0.39, 0.29) is 0 Å². The number of benzene rings is 1. The van der Waals surface area contributed by atoms with Gasteiger partial charge in [0.05, 0.1) is 5.56 Å². The zero-order valence-electron chi connectivity index (χ0n) is 12.3. The lowest BCUT2D eigenvalue weighted by molar-refractivity contribution is 0.455. The van der Waals surface area contributed by atoms with Gasteiger partial charge in [-0.05, 0) is 31.9 Å². The minimum absolute atomic E-state index is 0.630. The van der Waals surface area contributed by atoms with Crippen molar-refractivity contribution in [3.63, 3.8) is 0 Å². The van der Waals surface area contributed by atoms with Gasteiger partial charge in [0, 0.05) is 6.54 Å². The van der Waals surface area contributed by atoms with Crippen molar-refractivity contribution in [1.82, 2.24) is 9.97 Å². The van der Waals surface area contributed by atoms with Crippen LogP contribution in [0, 0.1) is 6.92 Å². The van der Waals surface area contributed by atoms with E-state index in [0.717, 1.165) is 36.5 Å². The van der Waals surface area contributed by atoms with E-state index in [4.69, 9.17) is 4.74 Å². The molecule has 0 saturated heterocycles. The molecule has 1 heterocycles. The fourth-order valence-electron chi connectivity index (χ4n) is 1.92. The SMILES string of the molecule is CCCNc1ncnc(Oc2ccc(C)cc2)c1CC. The topological polar surface area (TPSA) is 47.0 Å². The molecule has 0 radical (unpaired) electrons. The highest BCUT2D eigenvalue weighted by molar-refractivity contribution is 5.49. The van der Waals surface area contributed by atoms with Crippen LogP contribution in [0.15, 0.2) is 30.6 Å². The van der Waals surface area contributed by atoms with Crippen LogP contribution in [-0.4, -0.2) is 16.5 Å². The summed E-state index contributed by atoms with van der Waals surface area (Å²) in [5, 5.41) is 3.32. The summed E-state index contributed by atoms with van der Waals surface area (Å²) in [5.74, 6) is 2.29. The maximum atomic E-state index is 5.88. The molecule has 1 N–H and O–H groups in total. The molecule has 0 amide bonds. The first-order chi connectivity index (χ1) is 9.74. The van der Waals surface area contributed by atoms with E-state index >= 15 is 0 Å². The average molecular weight is 271 g/mol. The van der Waals surface area contributed by atoms with Crippen molar-refractivity contribution in [2.75, 3.05) is 11.9 Å². The minimum Gasteiger partial charge on any atom is -0.439 e. The van der Waals surface area contributed by atoms with E-state index in [1.165, 1.54) is 5.56 Å². The molecule has 0 aliphatic carbocycles. The van der Waals surface area contributed by atoms with Gasteiger partial charge in [0.25, 0.3) is 0 Å². The number of rotatable bonds is 6. The van der Waals surface area contributed by atoms with Crippen LogP contribution in [0.1, 0.15) is 31.4 Å². The van der Waals surface area contributed by atoms with E-state index in [1.807, 2.05) is 24.3 Å². The van der Waals surface area contributed by atoms with Crippen molar-refractivity contribution >= 4 is 5.82 Å². The Morgan fingerprint density at radius 3 is 2.50 bits per heavy atom. The number of ether oxygens (including phenoxy) is 1. The first kappa shape index (κ1) is 14.3. The zero-order chi connectivity index (χ0) is 14.4. The predicted molar refractivity (Wildman–Crippen MR) is 81.4 cm³/mol. The Kier molecular flexibility index (Phi) is 4.93. The van der Waals surface area contributed by atoms with Gasteiger partial charge in [0.2, 0.25) is 5.88 Å². The highest BCUT2D eigenvalue weighted by Gasteiger charge is 2.11. The van der Waals surface area contributed by atoms with E-state index < -0.39 is 0 Å².